The molecule has 1 heterocycles. The van der Waals surface area contributed by atoms with Crippen LogP contribution in [0.5, 0.6) is 0 Å². The van der Waals surface area contributed by atoms with Crippen molar-refractivity contribution in [2.45, 2.75) is 39.3 Å². The molecule has 0 unspecified atom stereocenters. The Morgan fingerprint density at radius 2 is 1.74 bits per heavy atom. The van der Waals surface area contributed by atoms with Gasteiger partial charge in [0.05, 0.1) is 0 Å². The molecular formula is C21H38IN5. The minimum absolute atomic E-state index is 0. The molecule has 1 aromatic carbocycles. The Labute approximate surface area is 183 Å². The fourth-order valence-corrected chi connectivity index (χ4v) is 3.33. The lowest BCUT2D eigenvalue weighted by atomic mass is 9.99. The standard InChI is InChI=1S/C21H37N5.HI/c1-18-10-14-26(15-11-18)13-5-12-23-21(22-2)24-16-19-6-8-20(9-7-19)17-25(3)4;/h6-9,18H,5,10-17H2,1-4H3,(H2,22,23,24);1H. The molecule has 2 N–H and O–H groups in total. The van der Waals surface area contributed by atoms with Gasteiger partial charge in [-0.05, 0) is 70.0 Å². The summed E-state index contributed by atoms with van der Waals surface area (Å²) in [4.78, 5) is 9.10. The van der Waals surface area contributed by atoms with Gasteiger partial charge in [0.2, 0.25) is 0 Å². The fourth-order valence-electron chi connectivity index (χ4n) is 3.33. The zero-order valence-electron chi connectivity index (χ0n) is 17.5. The van der Waals surface area contributed by atoms with Crippen LogP contribution in [0.2, 0.25) is 0 Å². The molecule has 0 aromatic heterocycles. The van der Waals surface area contributed by atoms with E-state index in [0.29, 0.717) is 0 Å². The van der Waals surface area contributed by atoms with Crippen molar-refractivity contribution in [1.29, 1.82) is 0 Å². The van der Waals surface area contributed by atoms with Gasteiger partial charge in [0.25, 0.3) is 0 Å². The zero-order chi connectivity index (χ0) is 18.8. The van der Waals surface area contributed by atoms with Crippen LogP contribution in [0.3, 0.4) is 0 Å². The molecule has 0 spiro atoms. The topological polar surface area (TPSA) is 42.9 Å². The second-order valence-corrected chi connectivity index (χ2v) is 7.78. The Morgan fingerprint density at radius 1 is 1.11 bits per heavy atom. The number of piperidine rings is 1. The summed E-state index contributed by atoms with van der Waals surface area (Å²) < 4.78 is 0. The predicted octanol–water partition coefficient (Wildman–Crippen LogP) is 3.15. The van der Waals surface area contributed by atoms with E-state index >= 15 is 0 Å². The quantitative estimate of drug-likeness (QED) is 0.256. The molecule has 0 radical (unpaired) electrons. The highest BCUT2D eigenvalue weighted by Gasteiger charge is 2.14. The summed E-state index contributed by atoms with van der Waals surface area (Å²) in [7, 11) is 6.02. The molecule has 1 fully saturated rings. The highest BCUT2D eigenvalue weighted by molar-refractivity contribution is 14.0. The van der Waals surface area contributed by atoms with E-state index in [0.717, 1.165) is 37.9 Å². The summed E-state index contributed by atoms with van der Waals surface area (Å²) in [6.07, 6.45) is 3.86. The molecule has 0 saturated carbocycles. The van der Waals surface area contributed by atoms with Gasteiger partial charge in [-0.1, -0.05) is 31.2 Å². The van der Waals surface area contributed by atoms with E-state index < -0.39 is 0 Å². The molecule has 27 heavy (non-hydrogen) atoms. The molecule has 154 valence electrons. The van der Waals surface area contributed by atoms with Crippen molar-refractivity contribution < 1.29 is 0 Å². The Balaban J connectivity index is 0.00000364. The number of hydrogen-bond donors (Lipinski definition) is 2. The van der Waals surface area contributed by atoms with Gasteiger partial charge in [-0.3, -0.25) is 4.99 Å². The van der Waals surface area contributed by atoms with Gasteiger partial charge in [-0.25, -0.2) is 0 Å². The molecule has 0 atom stereocenters. The van der Waals surface area contributed by atoms with Gasteiger partial charge in [0, 0.05) is 26.7 Å². The summed E-state index contributed by atoms with van der Waals surface area (Å²) >= 11 is 0. The molecule has 0 bridgehead atoms. The van der Waals surface area contributed by atoms with Crippen LogP contribution < -0.4 is 10.6 Å². The van der Waals surface area contributed by atoms with E-state index in [1.54, 1.807) is 0 Å². The average molecular weight is 487 g/mol. The summed E-state index contributed by atoms with van der Waals surface area (Å²) in [6, 6.07) is 8.78. The maximum atomic E-state index is 4.33. The molecule has 0 aliphatic carbocycles. The molecular weight excluding hydrogens is 449 g/mol. The van der Waals surface area contributed by atoms with E-state index in [-0.39, 0.29) is 24.0 Å². The van der Waals surface area contributed by atoms with Crippen molar-refractivity contribution in [3.05, 3.63) is 35.4 Å². The number of aliphatic imine (C=N–C) groups is 1. The Morgan fingerprint density at radius 3 is 2.33 bits per heavy atom. The third-order valence-corrected chi connectivity index (χ3v) is 5.03. The second-order valence-electron chi connectivity index (χ2n) is 7.78. The first-order chi connectivity index (χ1) is 12.6. The number of hydrogen-bond acceptors (Lipinski definition) is 3. The minimum atomic E-state index is 0. The smallest absolute Gasteiger partial charge is 0.191 e. The van der Waals surface area contributed by atoms with Crippen molar-refractivity contribution in [3.8, 4) is 0 Å². The fraction of sp³-hybridized carbons (Fsp3) is 0.667. The summed E-state index contributed by atoms with van der Waals surface area (Å²) in [5, 5.41) is 6.84. The number of nitrogens with one attached hydrogen (secondary N) is 2. The molecule has 5 nitrogen and oxygen atoms in total. The van der Waals surface area contributed by atoms with E-state index in [1.807, 2.05) is 7.05 Å². The minimum Gasteiger partial charge on any atom is -0.356 e. The second kappa shape index (κ2) is 13.3. The van der Waals surface area contributed by atoms with Crippen LogP contribution in [-0.4, -0.2) is 63.1 Å². The van der Waals surface area contributed by atoms with Crippen LogP contribution in [0.1, 0.15) is 37.3 Å². The zero-order valence-corrected chi connectivity index (χ0v) is 19.8. The molecule has 0 amide bonds. The van der Waals surface area contributed by atoms with Crippen LogP contribution in [0, 0.1) is 5.92 Å². The molecule has 1 aliphatic rings. The predicted molar refractivity (Wildman–Crippen MR) is 127 cm³/mol. The molecule has 1 aromatic rings. The maximum Gasteiger partial charge on any atom is 0.191 e. The number of likely N-dealkylation sites (tertiary alicyclic amines) is 1. The van der Waals surface area contributed by atoms with Crippen LogP contribution in [-0.2, 0) is 13.1 Å². The van der Waals surface area contributed by atoms with E-state index in [4.69, 9.17) is 0 Å². The van der Waals surface area contributed by atoms with Crippen molar-refractivity contribution in [1.82, 2.24) is 20.4 Å². The maximum absolute atomic E-state index is 4.33. The van der Waals surface area contributed by atoms with E-state index in [1.165, 1.54) is 43.6 Å². The van der Waals surface area contributed by atoms with Crippen LogP contribution in [0.4, 0.5) is 0 Å². The summed E-state index contributed by atoms with van der Waals surface area (Å²) in [5.74, 6) is 1.79. The number of benzene rings is 1. The first-order valence-corrected chi connectivity index (χ1v) is 9.96. The molecule has 6 heteroatoms. The van der Waals surface area contributed by atoms with Gasteiger partial charge in [0.1, 0.15) is 0 Å². The van der Waals surface area contributed by atoms with Gasteiger partial charge in [-0.15, -0.1) is 24.0 Å². The van der Waals surface area contributed by atoms with Crippen LogP contribution in [0.25, 0.3) is 0 Å². The first-order valence-electron chi connectivity index (χ1n) is 9.96. The Kier molecular flexibility index (Phi) is 11.9. The lowest BCUT2D eigenvalue weighted by Gasteiger charge is -2.30. The van der Waals surface area contributed by atoms with Crippen molar-refractivity contribution in [2.24, 2.45) is 10.9 Å². The number of guanidine groups is 1. The largest absolute Gasteiger partial charge is 0.356 e. The summed E-state index contributed by atoms with van der Waals surface area (Å²) in [6.45, 7) is 8.82. The van der Waals surface area contributed by atoms with Gasteiger partial charge < -0.3 is 20.4 Å². The van der Waals surface area contributed by atoms with Crippen molar-refractivity contribution >= 4 is 29.9 Å². The lowest BCUT2D eigenvalue weighted by molar-refractivity contribution is 0.191. The molecule has 1 saturated heterocycles. The SMILES string of the molecule is CN=C(NCCCN1CCC(C)CC1)NCc1ccc(CN(C)C)cc1.I. The molecule has 1 aliphatic heterocycles. The lowest BCUT2D eigenvalue weighted by Crippen LogP contribution is -2.39. The normalized spacial score (nSPS) is 16.3. The van der Waals surface area contributed by atoms with Crippen LogP contribution >= 0.6 is 24.0 Å². The average Bonchev–Trinajstić information content (AvgIpc) is 2.63. The first kappa shape index (κ1) is 24.2. The monoisotopic (exact) mass is 487 g/mol. The Hall–Kier alpha value is -0.860. The Bertz CT molecular complexity index is 536. The van der Waals surface area contributed by atoms with Gasteiger partial charge in [0.15, 0.2) is 5.96 Å². The number of halogens is 1. The number of rotatable bonds is 8. The highest BCUT2D eigenvalue weighted by atomic mass is 127. The van der Waals surface area contributed by atoms with Crippen LogP contribution in [0.15, 0.2) is 29.3 Å². The van der Waals surface area contributed by atoms with Crippen molar-refractivity contribution in [3.63, 3.8) is 0 Å². The molecule has 2 rings (SSSR count). The third-order valence-electron chi connectivity index (χ3n) is 5.03. The highest BCUT2D eigenvalue weighted by Crippen LogP contribution is 2.15. The third kappa shape index (κ3) is 9.76. The van der Waals surface area contributed by atoms with Gasteiger partial charge in [-0.2, -0.15) is 0 Å². The van der Waals surface area contributed by atoms with E-state index in [9.17, 15) is 0 Å². The number of nitrogens with zero attached hydrogens (tertiary/aromatic N) is 3. The van der Waals surface area contributed by atoms with E-state index in [2.05, 4.69) is 70.7 Å². The van der Waals surface area contributed by atoms with Crippen molar-refractivity contribution in [2.75, 3.05) is 47.3 Å². The van der Waals surface area contributed by atoms with Gasteiger partial charge >= 0.3 is 0 Å². The summed E-state index contributed by atoms with van der Waals surface area (Å²) in [5.41, 5.74) is 2.62.